The number of pyridine rings is 1. The van der Waals surface area contributed by atoms with Gasteiger partial charge in [0.25, 0.3) is 5.56 Å². The van der Waals surface area contributed by atoms with Gasteiger partial charge in [0.15, 0.2) is 0 Å². The van der Waals surface area contributed by atoms with E-state index in [0.29, 0.717) is 10.9 Å². The van der Waals surface area contributed by atoms with Crippen molar-refractivity contribution >= 4 is 34.2 Å². The fourth-order valence-electron chi connectivity index (χ4n) is 4.02. The minimum Gasteiger partial charge on any atom is -0.507 e. The minimum atomic E-state index is -1.15. The lowest BCUT2D eigenvalue weighted by Gasteiger charge is -2.24. The first-order chi connectivity index (χ1) is 14.8. The summed E-state index contributed by atoms with van der Waals surface area (Å²) in [6.07, 6.45) is -0.384. The van der Waals surface area contributed by atoms with Crippen LogP contribution in [0.15, 0.2) is 65.0 Å². The summed E-state index contributed by atoms with van der Waals surface area (Å²) in [5, 5.41) is 11.7. The quantitative estimate of drug-likeness (QED) is 0.517. The molecule has 1 atom stereocenters. The summed E-state index contributed by atoms with van der Waals surface area (Å²) in [5.41, 5.74) is 0.344. The van der Waals surface area contributed by atoms with E-state index in [9.17, 15) is 24.3 Å². The number of fused-ring (bicyclic) bond motifs is 2. The zero-order valence-electron chi connectivity index (χ0n) is 16.9. The number of ether oxygens (including phenoxy) is 1. The molecule has 1 aromatic heterocycles. The van der Waals surface area contributed by atoms with Gasteiger partial charge in [-0.3, -0.25) is 19.2 Å². The lowest BCUT2D eigenvalue weighted by atomic mass is 9.78. The van der Waals surface area contributed by atoms with Gasteiger partial charge < -0.3 is 14.4 Å². The van der Waals surface area contributed by atoms with Crippen molar-refractivity contribution in [2.24, 2.45) is 7.05 Å². The Kier molecular flexibility index (Phi) is 5.02. The molecule has 0 fully saturated rings. The van der Waals surface area contributed by atoms with Gasteiger partial charge in [-0.1, -0.05) is 42.5 Å². The zero-order valence-corrected chi connectivity index (χ0v) is 16.9. The number of hydrogen-bond acceptors (Lipinski definition) is 6. The number of allylic oxidation sites excluding steroid dienone is 1. The molecule has 156 valence electrons. The third kappa shape index (κ3) is 3.24. The number of methoxy groups -OCH3 is 1. The molecule has 0 aliphatic heterocycles. The number of carbonyl (C=O) groups excluding carboxylic acids is 3. The number of carbonyl (C=O) groups is 3. The number of aryl methyl sites for hydroxylation is 1. The van der Waals surface area contributed by atoms with Gasteiger partial charge in [0.2, 0.25) is 11.6 Å². The average Bonchev–Trinajstić information content (AvgIpc) is 2.79. The molecular formula is C24H19NO6. The molecule has 3 aromatic rings. The summed E-state index contributed by atoms with van der Waals surface area (Å²) in [5.74, 6) is -3.99. The molecule has 7 nitrogen and oxygen atoms in total. The van der Waals surface area contributed by atoms with Crippen LogP contribution in [0, 0.1) is 0 Å². The smallest absolute Gasteiger partial charge is 0.306 e. The molecule has 31 heavy (non-hydrogen) atoms. The average molecular weight is 417 g/mol. The Morgan fingerprint density at radius 1 is 1.00 bits per heavy atom. The first-order valence-electron chi connectivity index (χ1n) is 9.62. The van der Waals surface area contributed by atoms with E-state index in [0.717, 1.165) is 0 Å². The SMILES string of the molecule is COC(=O)C[C@H](C1=C(O)c2ccccc2C(=O)C1=O)c1cc2ccccc2n(C)c1=O. The fraction of sp³-hybridized carbons (Fsp3) is 0.167. The molecule has 7 heteroatoms. The van der Waals surface area contributed by atoms with Gasteiger partial charge in [-0.05, 0) is 17.5 Å². The van der Waals surface area contributed by atoms with E-state index in [1.807, 2.05) is 0 Å². The maximum atomic E-state index is 13.2. The number of hydrogen-bond donors (Lipinski definition) is 1. The molecule has 2 aromatic carbocycles. The van der Waals surface area contributed by atoms with Crippen LogP contribution in [-0.4, -0.2) is 34.3 Å². The van der Waals surface area contributed by atoms with Crippen LogP contribution in [-0.2, 0) is 21.4 Å². The highest BCUT2D eigenvalue weighted by Gasteiger charge is 2.39. The Hall–Kier alpha value is -4.00. The lowest BCUT2D eigenvalue weighted by molar-refractivity contribution is -0.140. The van der Waals surface area contributed by atoms with Crippen LogP contribution >= 0.6 is 0 Å². The van der Waals surface area contributed by atoms with Gasteiger partial charge in [-0.2, -0.15) is 0 Å². The Bertz CT molecular complexity index is 1350. The highest BCUT2D eigenvalue weighted by molar-refractivity contribution is 6.52. The molecule has 0 unspecified atom stereocenters. The van der Waals surface area contributed by atoms with Crippen LogP contribution in [0.2, 0.25) is 0 Å². The van der Waals surface area contributed by atoms with E-state index in [4.69, 9.17) is 4.74 Å². The zero-order chi connectivity index (χ0) is 22.3. The summed E-state index contributed by atoms with van der Waals surface area (Å²) >= 11 is 0. The van der Waals surface area contributed by atoms with Crippen molar-refractivity contribution in [3.8, 4) is 0 Å². The van der Waals surface area contributed by atoms with Gasteiger partial charge in [-0.25, -0.2) is 0 Å². The molecule has 0 spiro atoms. The summed E-state index contributed by atoms with van der Waals surface area (Å²) < 4.78 is 6.18. The highest BCUT2D eigenvalue weighted by atomic mass is 16.5. The minimum absolute atomic E-state index is 0.0805. The molecule has 0 bridgehead atoms. The van der Waals surface area contributed by atoms with Crippen molar-refractivity contribution in [2.75, 3.05) is 7.11 Å². The number of Topliss-reactive ketones (excluding diaryl/α,β-unsaturated/α-hetero) is 2. The number of aromatic nitrogens is 1. The van der Waals surface area contributed by atoms with Gasteiger partial charge >= 0.3 is 5.97 Å². The molecule has 0 saturated carbocycles. The molecule has 1 aliphatic carbocycles. The third-order valence-electron chi connectivity index (χ3n) is 5.62. The molecule has 1 N–H and O–H groups in total. The topological polar surface area (TPSA) is 103 Å². The normalized spacial score (nSPS) is 14.5. The standard InChI is InChI=1S/C24H19NO6/c1-25-18-10-6-3-7-13(18)11-17(24(25)30)16(12-19(26)31-2)20-21(27)14-8-4-5-9-15(14)22(28)23(20)29/h3-11,16,27H,12H2,1-2H3/t16-/m0/s1. The Balaban J connectivity index is 2.02. The second kappa shape index (κ2) is 7.68. The summed E-state index contributed by atoms with van der Waals surface area (Å²) in [7, 11) is 2.77. The second-order valence-corrected chi connectivity index (χ2v) is 7.32. The molecule has 0 saturated heterocycles. The van der Waals surface area contributed by atoms with Crippen LogP contribution in [0.4, 0.5) is 0 Å². The Morgan fingerprint density at radius 3 is 2.35 bits per heavy atom. The fourth-order valence-corrected chi connectivity index (χ4v) is 4.02. The van der Waals surface area contributed by atoms with Crippen molar-refractivity contribution in [1.29, 1.82) is 0 Å². The monoisotopic (exact) mass is 417 g/mol. The van der Waals surface area contributed by atoms with Crippen LogP contribution in [0.5, 0.6) is 0 Å². The van der Waals surface area contributed by atoms with Gasteiger partial charge in [0.05, 0.1) is 24.6 Å². The molecule has 4 rings (SSSR count). The first kappa shape index (κ1) is 20.3. The van der Waals surface area contributed by atoms with Crippen molar-refractivity contribution in [2.45, 2.75) is 12.3 Å². The summed E-state index contributed by atoms with van der Waals surface area (Å²) in [6, 6.07) is 14.9. The number of esters is 1. The third-order valence-corrected chi connectivity index (χ3v) is 5.62. The Labute approximate surface area is 177 Å². The number of para-hydroxylation sites is 1. The number of rotatable bonds is 4. The first-order valence-corrected chi connectivity index (χ1v) is 9.62. The van der Waals surface area contributed by atoms with E-state index >= 15 is 0 Å². The maximum Gasteiger partial charge on any atom is 0.306 e. The maximum absolute atomic E-state index is 13.2. The second-order valence-electron chi connectivity index (χ2n) is 7.32. The predicted octanol–water partition coefficient (Wildman–Crippen LogP) is 2.92. The molecule has 0 amide bonds. The van der Waals surface area contributed by atoms with E-state index in [2.05, 4.69) is 0 Å². The molecule has 1 aliphatic rings. The van der Waals surface area contributed by atoms with E-state index in [1.165, 1.54) is 23.8 Å². The van der Waals surface area contributed by atoms with Gasteiger partial charge in [-0.15, -0.1) is 0 Å². The van der Waals surface area contributed by atoms with Crippen LogP contribution in [0.25, 0.3) is 16.7 Å². The van der Waals surface area contributed by atoms with E-state index in [1.54, 1.807) is 49.5 Å². The van der Waals surface area contributed by atoms with E-state index < -0.39 is 34.8 Å². The lowest BCUT2D eigenvalue weighted by Crippen LogP contribution is -2.32. The highest BCUT2D eigenvalue weighted by Crippen LogP contribution is 2.37. The van der Waals surface area contributed by atoms with Crippen LogP contribution < -0.4 is 5.56 Å². The number of benzene rings is 2. The predicted molar refractivity (Wildman–Crippen MR) is 114 cm³/mol. The Morgan fingerprint density at radius 2 is 1.65 bits per heavy atom. The van der Waals surface area contributed by atoms with Crippen molar-refractivity contribution < 1.29 is 24.2 Å². The number of ketones is 2. The van der Waals surface area contributed by atoms with Gasteiger partial charge in [0.1, 0.15) is 5.76 Å². The summed E-state index contributed by atoms with van der Waals surface area (Å²) in [6.45, 7) is 0. The van der Waals surface area contributed by atoms with Crippen LogP contribution in [0.1, 0.15) is 33.8 Å². The molecule has 1 heterocycles. The van der Waals surface area contributed by atoms with Crippen molar-refractivity contribution in [1.82, 2.24) is 4.57 Å². The molecular weight excluding hydrogens is 398 g/mol. The molecule has 0 radical (unpaired) electrons. The number of nitrogens with zero attached hydrogens (tertiary/aromatic N) is 1. The largest absolute Gasteiger partial charge is 0.507 e. The van der Waals surface area contributed by atoms with Crippen molar-refractivity contribution in [3.63, 3.8) is 0 Å². The van der Waals surface area contributed by atoms with E-state index in [-0.39, 0.29) is 28.7 Å². The number of aliphatic hydroxyl groups excluding tert-OH is 1. The summed E-state index contributed by atoms with van der Waals surface area (Å²) in [4.78, 5) is 51.1. The van der Waals surface area contributed by atoms with Crippen molar-refractivity contribution in [3.05, 3.63) is 87.2 Å². The van der Waals surface area contributed by atoms with Gasteiger partial charge in [0, 0.05) is 29.7 Å². The van der Waals surface area contributed by atoms with Crippen LogP contribution in [0.3, 0.4) is 0 Å². The number of aliphatic hydroxyl groups is 1.